The number of anilines is 1. The molecule has 0 radical (unpaired) electrons. The highest BCUT2D eigenvalue weighted by molar-refractivity contribution is 5.89. The number of carboxylic acids is 1. The second-order valence-corrected chi connectivity index (χ2v) is 4.74. The highest BCUT2D eigenvalue weighted by atomic mass is 16.4. The minimum atomic E-state index is -1.07. The summed E-state index contributed by atoms with van der Waals surface area (Å²) in [4.78, 5) is 26.3. The van der Waals surface area contributed by atoms with Crippen LogP contribution in [0.2, 0.25) is 0 Å². The molecule has 104 valence electrons. The van der Waals surface area contributed by atoms with Gasteiger partial charge in [0.1, 0.15) is 6.07 Å². The average molecular weight is 273 g/mol. The van der Waals surface area contributed by atoms with Crippen molar-refractivity contribution in [3.8, 4) is 6.07 Å². The third-order valence-corrected chi connectivity index (χ3v) is 3.38. The van der Waals surface area contributed by atoms with Crippen LogP contribution in [0.5, 0.6) is 0 Å². The van der Waals surface area contributed by atoms with E-state index in [1.165, 1.54) is 12.1 Å². The van der Waals surface area contributed by atoms with Crippen molar-refractivity contribution >= 4 is 17.6 Å². The molecule has 1 heterocycles. The smallest absolute Gasteiger partial charge is 0.335 e. The number of carbonyl (C=O) groups excluding carboxylic acids is 1. The summed E-state index contributed by atoms with van der Waals surface area (Å²) in [6.07, 6.45) is 0.813. The van der Waals surface area contributed by atoms with Crippen molar-refractivity contribution in [1.29, 1.82) is 5.26 Å². The predicted molar refractivity (Wildman–Crippen MR) is 72.6 cm³/mol. The lowest BCUT2D eigenvalue weighted by molar-refractivity contribution is -0.127. The highest BCUT2D eigenvalue weighted by Gasteiger charge is 2.21. The summed E-state index contributed by atoms with van der Waals surface area (Å²) in [7, 11) is 1.75. The Kier molecular flexibility index (Phi) is 3.89. The first kappa shape index (κ1) is 13.9. The van der Waals surface area contributed by atoms with E-state index in [2.05, 4.69) is 0 Å². The minimum Gasteiger partial charge on any atom is -0.478 e. The monoisotopic (exact) mass is 273 g/mol. The molecule has 6 nitrogen and oxygen atoms in total. The average Bonchev–Trinajstić information content (AvgIpc) is 2.60. The molecule has 1 aliphatic heterocycles. The van der Waals surface area contributed by atoms with E-state index in [0.29, 0.717) is 18.8 Å². The minimum absolute atomic E-state index is 0.00583. The number of nitrogens with zero attached hydrogens (tertiary/aromatic N) is 3. The van der Waals surface area contributed by atoms with Crippen LogP contribution in [-0.4, -0.2) is 48.6 Å². The first-order chi connectivity index (χ1) is 9.52. The van der Waals surface area contributed by atoms with E-state index in [1.807, 2.05) is 11.0 Å². The summed E-state index contributed by atoms with van der Waals surface area (Å²) in [5, 5.41) is 18.1. The van der Waals surface area contributed by atoms with Crippen LogP contribution in [0.25, 0.3) is 0 Å². The van der Waals surface area contributed by atoms with Gasteiger partial charge in [0.25, 0.3) is 0 Å². The number of likely N-dealkylation sites (N-methyl/N-ethyl adjacent to an activating group) is 1. The van der Waals surface area contributed by atoms with E-state index < -0.39 is 5.97 Å². The number of nitriles is 1. The van der Waals surface area contributed by atoms with Gasteiger partial charge in [0.2, 0.25) is 5.91 Å². The number of hydrogen-bond donors (Lipinski definition) is 1. The van der Waals surface area contributed by atoms with Crippen molar-refractivity contribution in [3.63, 3.8) is 0 Å². The fraction of sp³-hybridized carbons (Fsp3) is 0.357. The van der Waals surface area contributed by atoms with Crippen LogP contribution in [0.3, 0.4) is 0 Å². The van der Waals surface area contributed by atoms with Crippen molar-refractivity contribution in [3.05, 3.63) is 29.3 Å². The van der Waals surface area contributed by atoms with Gasteiger partial charge in [0.15, 0.2) is 0 Å². The van der Waals surface area contributed by atoms with Gasteiger partial charge in [0.05, 0.1) is 23.4 Å². The zero-order chi connectivity index (χ0) is 14.7. The summed E-state index contributed by atoms with van der Waals surface area (Å²) in [6, 6.07) is 6.40. The molecule has 0 unspecified atom stereocenters. The lowest BCUT2D eigenvalue weighted by Crippen LogP contribution is -2.34. The topological polar surface area (TPSA) is 84.6 Å². The molecule has 1 aliphatic rings. The summed E-state index contributed by atoms with van der Waals surface area (Å²) < 4.78 is 0. The maximum Gasteiger partial charge on any atom is 0.335 e. The van der Waals surface area contributed by atoms with Crippen molar-refractivity contribution in [2.45, 2.75) is 6.42 Å². The second-order valence-electron chi connectivity index (χ2n) is 4.74. The molecular weight excluding hydrogens is 258 g/mol. The molecule has 0 atom stereocenters. The van der Waals surface area contributed by atoms with Crippen molar-refractivity contribution < 1.29 is 14.7 Å². The summed E-state index contributed by atoms with van der Waals surface area (Å²) in [6.45, 7) is 1.55. The van der Waals surface area contributed by atoms with E-state index in [9.17, 15) is 14.9 Å². The fourth-order valence-electron chi connectivity index (χ4n) is 2.23. The van der Waals surface area contributed by atoms with Gasteiger partial charge in [-0.05, 0) is 24.6 Å². The van der Waals surface area contributed by atoms with Gasteiger partial charge in [-0.2, -0.15) is 5.26 Å². The number of aromatic carboxylic acids is 1. The summed E-state index contributed by atoms with van der Waals surface area (Å²) in [5.74, 6) is -1.08. The van der Waals surface area contributed by atoms with Gasteiger partial charge in [-0.3, -0.25) is 4.79 Å². The zero-order valence-electron chi connectivity index (χ0n) is 11.2. The Bertz CT molecular complexity index is 592. The molecule has 1 N–H and O–H groups in total. The van der Waals surface area contributed by atoms with Crippen LogP contribution >= 0.6 is 0 Å². The number of carbonyl (C=O) groups is 2. The first-order valence-corrected chi connectivity index (χ1v) is 6.29. The van der Waals surface area contributed by atoms with Gasteiger partial charge in [-0.25, -0.2) is 4.79 Å². The zero-order valence-corrected chi connectivity index (χ0v) is 11.2. The molecule has 2 rings (SSSR count). The maximum atomic E-state index is 11.9. The van der Waals surface area contributed by atoms with Crippen molar-refractivity contribution in [2.75, 3.05) is 31.6 Å². The fourth-order valence-corrected chi connectivity index (χ4v) is 2.23. The Morgan fingerprint density at radius 3 is 2.80 bits per heavy atom. The molecule has 1 aromatic carbocycles. The molecule has 0 bridgehead atoms. The Hall–Kier alpha value is -2.55. The van der Waals surface area contributed by atoms with Gasteiger partial charge in [-0.15, -0.1) is 0 Å². The van der Waals surface area contributed by atoms with Crippen molar-refractivity contribution in [2.24, 2.45) is 0 Å². The van der Waals surface area contributed by atoms with Gasteiger partial charge in [-0.1, -0.05) is 0 Å². The number of hydrogen-bond acceptors (Lipinski definition) is 4. The molecule has 1 fully saturated rings. The number of benzene rings is 1. The summed E-state index contributed by atoms with van der Waals surface area (Å²) in [5.41, 5.74) is 0.965. The lowest BCUT2D eigenvalue weighted by atomic mass is 10.1. The number of carboxylic acid groups (broad SMARTS) is 1. The van der Waals surface area contributed by atoms with E-state index in [0.717, 1.165) is 6.42 Å². The van der Waals surface area contributed by atoms with Crippen LogP contribution < -0.4 is 4.90 Å². The molecule has 0 aromatic heterocycles. The van der Waals surface area contributed by atoms with Gasteiger partial charge < -0.3 is 14.9 Å². The molecule has 0 aliphatic carbocycles. The van der Waals surface area contributed by atoms with Crippen LogP contribution in [0.15, 0.2) is 18.2 Å². The third kappa shape index (κ3) is 2.72. The molecule has 1 saturated heterocycles. The Morgan fingerprint density at radius 1 is 1.40 bits per heavy atom. The second kappa shape index (κ2) is 5.61. The van der Waals surface area contributed by atoms with E-state index in [1.54, 1.807) is 18.0 Å². The van der Waals surface area contributed by atoms with Crippen LogP contribution in [0, 0.1) is 11.3 Å². The summed E-state index contributed by atoms with van der Waals surface area (Å²) >= 11 is 0. The van der Waals surface area contributed by atoms with Gasteiger partial charge >= 0.3 is 5.97 Å². The predicted octanol–water partition coefficient (Wildman–Crippen LogP) is 0.925. The Morgan fingerprint density at radius 2 is 2.15 bits per heavy atom. The van der Waals surface area contributed by atoms with E-state index in [4.69, 9.17) is 5.11 Å². The van der Waals surface area contributed by atoms with E-state index >= 15 is 0 Å². The molecule has 6 heteroatoms. The molecule has 1 aromatic rings. The highest BCUT2D eigenvalue weighted by Crippen LogP contribution is 2.23. The number of rotatable bonds is 2. The quantitative estimate of drug-likeness (QED) is 0.866. The molecule has 0 saturated carbocycles. The standard InChI is InChI=1S/C14H15N3O3/c1-16-5-2-6-17(9-13(16)18)12-4-3-10(14(19)20)7-11(12)8-15/h3-4,7H,2,5-6,9H2,1H3,(H,19,20). The van der Waals surface area contributed by atoms with Crippen LogP contribution in [0.4, 0.5) is 5.69 Å². The molecule has 20 heavy (non-hydrogen) atoms. The van der Waals surface area contributed by atoms with Gasteiger partial charge in [0, 0.05) is 20.1 Å². The van der Waals surface area contributed by atoms with Crippen LogP contribution in [0.1, 0.15) is 22.3 Å². The molecular formula is C14H15N3O3. The normalized spacial score (nSPS) is 15.7. The third-order valence-electron chi connectivity index (χ3n) is 3.38. The maximum absolute atomic E-state index is 11.9. The lowest BCUT2D eigenvalue weighted by Gasteiger charge is -2.23. The van der Waals surface area contributed by atoms with Crippen LogP contribution in [-0.2, 0) is 4.79 Å². The first-order valence-electron chi connectivity index (χ1n) is 6.29. The largest absolute Gasteiger partial charge is 0.478 e. The Balaban J connectivity index is 2.35. The SMILES string of the molecule is CN1CCCN(c2ccc(C(=O)O)cc2C#N)CC1=O. The molecule has 1 amide bonds. The number of amides is 1. The van der Waals surface area contributed by atoms with Crippen molar-refractivity contribution in [1.82, 2.24) is 4.90 Å². The molecule has 0 spiro atoms. The van der Waals surface area contributed by atoms with E-state index in [-0.39, 0.29) is 23.6 Å². The Labute approximate surface area is 116 Å².